The molecule has 4 rings (SSSR count). The van der Waals surface area contributed by atoms with Crippen LogP contribution >= 0.6 is 11.3 Å². The second kappa shape index (κ2) is 8.02. The lowest BCUT2D eigenvalue weighted by atomic mass is 10.1. The number of para-hydroxylation sites is 1. The van der Waals surface area contributed by atoms with E-state index < -0.39 is 23.7 Å². The molecular weight excluding hydrogens is 435 g/mol. The number of alkyl halides is 3. The lowest BCUT2D eigenvalue weighted by molar-refractivity contribution is -0.136. The van der Waals surface area contributed by atoms with Gasteiger partial charge in [0, 0.05) is 23.9 Å². The molecule has 12 heteroatoms. The number of aryl methyl sites for hydroxylation is 1. The molecule has 0 atom stereocenters. The number of halogens is 3. The lowest BCUT2D eigenvalue weighted by Gasteiger charge is -2.26. The maximum Gasteiger partial charge on any atom is 0.418 e. The molecule has 0 unspecified atom stereocenters. The molecule has 3 aromatic rings. The molecule has 3 heterocycles. The Morgan fingerprint density at radius 1 is 1.23 bits per heavy atom. The standard InChI is InChI=1S/C19H16F3N5O3S/c1-10-8-14(26-30-10)16(28)25-17-23-13-6-7-27(9-15(13)31-17)18(29)24-12-5-3-2-4-11(12)19(20,21)22/h2-5,8H,6-7,9H2,1H3,(H,24,29)(H,23,25,28). The number of anilines is 2. The SMILES string of the molecule is Cc1cc(C(=O)Nc2nc3c(s2)CN(C(=O)Nc2ccccc2C(F)(F)F)CC3)no1. The Balaban J connectivity index is 1.44. The number of benzene rings is 1. The predicted octanol–water partition coefficient (Wildman–Crippen LogP) is 4.30. The van der Waals surface area contributed by atoms with E-state index in [1.165, 1.54) is 40.5 Å². The number of nitrogens with zero attached hydrogens (tertiary/aromatic N) is 3. The number of nitrogens with one attached hydrogen (secondary N) is 2. The zero-order valence-electron chi connectivity index (χ0n) is 16.1. The maximum atomic E-state index is 13.2. The fourth-order valence-electron chi connectivity index (χ4n) is 3.09. The van der Waals surface area contributed by atoms with Crippen molar-refractivity contribution in [1.82, 2.24) is 15.0 Å². The number of amides is 3. The first-order valence-corrected chi connectivity index (χ1v) is 9.98. The van der Waals surface area contributed by atoms with Gasteiger partial charge < -0.3 is 14.7 Å². The fourth-order valence-corrected chi connectivity index (χ4v) is 4.11. The molecule has 1 aromatic carbocycles. The van der Waals surface area contributed by atoms with Crippen LogP contribution < -0.4 is 10.6 Å². The van der Waals surface area contributed by atoms with Gasteiger partial charge in [0.1, 0.15) is 5.76 Å². The van der Waals surface area contributed by atoms with Crippen molar-refractivity contribution >= 4 is 34.1 Å². The largest absolute Gasteiger partial charge is 0.418 e. The number of fused-ring (bicyclic) bond motifs is 1. The molecule has 3 amide bonds. The molecule has 2 aromatic heterocycles. The van der Waals surface area contributed by atoms with Crippen LogP contribution in [0.2, 0.25) is 0 Å². The number of hydrogen-bond acceptors (Lipinski definition) is 6. The smallest absolute Gasteiger partial charge is 0.361 e. The Morgan fingerprint density at radius 2 is 2.00 bits per heavy atom. The zero-order chi connectivity index (χ0) is 22.2. The third kappa shape index (κ3) is 4.53. The molecule has 2 N–H and O–H groups in total. The molecular formula is C19H16F3N5O3S. The average Bonchev–Trinajstić information content (AvgIpc) is 3.32. The van der Waals surface area contributed by atoms with Gasteiger partial charge in [0.2, 0.25) is 0 Å². The minimum absolute atomic E-state index is 0.120. The highest BCUT2D eigenvalue weighted by Gasteiger charge is 2.34. The number of rotatable bonds is 3. The number of carbonyl (C=O) groups is 2. The normalized spacial score (nSPS) is 13.6. The summed E-state index contributed by atoms with van der Waals surface area (Å²) in [5, 5.41) is 8.97. The number of hydrogen-bond donors (Lipinski definition) is 2. The van der Waals surface area contributed by atoms with E-state index in [0.717, 1.165) is 16.6 Å². The summed E-state index contributed by atoms with van der Waals surface area (Å²) in [7, 11) is 0. The third-order valence-electron chi connectivity index (χ3n) is 4.57. The molecule has 0 bridgehead atoms. The van der Waals surface area contributed by atoms with E-state index in [-0.39, 0.29) is 24.5 Å². The lowest BCUT2D eigenvalue weighted by Crippen LogP contribution is -2.38. The first kappa shape index (κ1) is 20.8. The highest BCUT2D eigenvalue weighted by molar-refractivity contribution is 7.15. The molecule has 31 heavy (non-hydrogen) atoms. The summed E-state index contributed by atoms with van der Waals surface area (Å²) < 4.78 is 44.3. The Hall–Kier alpha value is -3.41. The van der Waals surface area contributed by atoms with Gasteiger partial charge in [-0.15, -0.1) is 0 Å². The minimum atomic E-state index is -4.58. The van der Waals surface area contributed by atoms with Crippen LogP contribution in [-0.4, -0.2) is 33.5 Å². The van der Waals surface area contributed by atoms with E-state index in [1.54, 1.807) is 6.92 Å². The van der Waals surface area contributed by atoms with Crippen LogP contribution in [0.3, 0.4) is 0 Å². The van der Waals surface area contributed by atoms with Crippen molar-refractivity contribution < 1.29 is 27.3 Å². The van der Waals surface area contributed by atoms with Gasteiger partial charge in [-0.3, -0.25) is 10.1 Å². The van der Waals surface area contributed by atoms with E-state index >= 15 is 0 Å². The van der Waals surface area contributed by atoms with Crippen LogP contribution in [0.1, 0.15) is 32.4 Å². The van der Waals surface area contributed by atoms with Gasteiger partial charge in [-0.2, -0.15) is 13.2 Å². The van der Waals surface area contributed by atoms with Crippen LogP contribution in [0.5, 0.6) is 0 Å². The zero-order valence-corrected chi connectivity index (χ0v) is 16.9. The average molecular weight is 451 g/mol. The fraction of sp³-hybridized carbons (Fsp3) is 0.263. The number of urea groups is 1. The maximum absolute atomic E-state index is 13.2. The monoisotopic (exact) mass is 451 g/mol. The van der Waals surface area contributed by atoms with Crippen molar-refractivity contribution in [3.05, 3.63) is 57.9 Å². The second-order valence-corrected chi connectivity index (χ2v) is 7.89. The molecule has 0 radical (unpaired) electrons. The van der Waals surface area contributed by atoms with Crippen LogP contribution in [-0.2, 0) is 19.1 Å². The van der Waals surface area contributed by atoms with E-state index in [1.807, 2.05) is 0 Å². The van der Waals surface area contributed by atoms with E-state index in [0.29, 0.717) is 17.3 Å². The molecule has 0 saturated carbocycles. The van der Waals surface area contributed by atoms with Crippen LogP contribution in [0.15, 0.2) is 34.9 Å². The molecule has 0 spiro atoms. The predicted molar refractivity (Wildman–Crippen MR) is 106 cm³/mol. The van der Waals surface area contributed by atoms with Gasteiger partial charge >= 0.3 is 12.2 Å². The van der Waals surface area contributed by atoms with E-state index in [9.17, 15) is 22.8 Å². The Kier molecular flexibility index (Phi) is 5.39. The second-order valence-electron chi connectivity index (χ2n) is 6.81. The van der Waals surface area contributed by atoms with Gasteiger partial charge in [-0.1, -0.05) is 28.6 Å². The van der Waals surface area contributed by atoms with Crippen molar-refractivity contribution in [2.45, 2.75) is 26.1 Å². The first-order valence-electron chi connectivity index (χ1n) is 9.16. The third-order valence-corrected chi connectivity index (χ3v) is 5.57. The van der Waals surface area contributed by atoms with E-state index in [4.69, 9.17) is 4.52 Å². The van der Waals surface area contributed by atoms with Gasteiger partial charge in [-0.25, -0.2) is 9.78 Å². The van der Waals surface area contributed by atoms with Gasteiger partial charge in [-0.05, 0) is 19.1 Å². The summed E-state index contributed by atoms with van der Waals surface area (Å²) in [4.78, 5) is 31.3. The Labute approximate surface area is 178 Å². The minimum Gasteiger partial charge on any atom is -0.361 e. The molecule has 0 fully saturated rings. The number of aromatic nitrogens is 2. The van der Waals surface area contributed by atoms with Crippen molar-refractivity contribution in [2.75, 3.05) is 17.2 Å². The molecule has 1 aliphatic heterocycles. The van der Waals surface area contributed by atoms with Crippen LogP contribution in [0, 0.1) is 6.92 Å². The summed E-state index contributed by atoms with van der Waals surface area (Å²) in [5.74, 6) is 0.0265. The summed E-state index contributed by atoms with van der Waals surface area (Å²) in [6.07, 6.45) is -4.16. The quantitative estimate of drug-likeness (QED) is 0.619. The Morgan fingerprint density at radius 3 is 2.71 bits per heavy atom. The molecule has 0 aliphatic carbocycles. The van der Waals surface area contributed by atoms with Gasteiger partial charge in [0.05, 0.1) is 23.5 Å². The summed E-state index contributed by atoms with van der Waals surface area (Å²) in [5.41, 5.74) is -0.357. The Bertz CT molecular complexity index is 1140. The molecule has 1 aliphatic rings. The first-order chi connectivity index (χ1) is 14.7. The van der Waals surface area contributed by atoms with Crippen LogP contribution in [0.25, 0.3) is 0 Å². The van der Waals surface area contributed by atoms with Gasteiger partial charge in [0.25, 0.3) is 5.91 Å². The number of thiazole rings is 1. The summed E-state index contributed by atoms with van der Waals surface area (Å²) in [6.45, 7) is 2.12. The summed E-state index contributed by atoms with van der Waals surface area (Å²) >= 11 is 1.20. The van der Waals surface area contributed by atoms with Crippen molar-refractivity contribution in [1.29, 1.82) is 0 Å². The molecule has 162 valence electrons. The van der Waals surface area contributed by atoms with Crippen molar-refractivity contribution in [3.63, 3.8) is 0 Å². The van der Waals surface area contributed by atoms with Crippen molar-refractivity contribution in [2.24, 2.45) is 0 Å². The topological polar surface area (TPSA) is 100 Å². The van der Waals surface area contributed by atoms with Crippen molar-refractivity contribution in [3.8, 4) is 0 Å². The highest BCUT2D eigenvalue weighted by atomic mass is 32.1. The molecule has 8 nitrogen and oxygen atoms in total. The highest BCUT2D eigenvalue weighted by Crippen LogP contribution is 2.35. The van der Waals surface area contributed by atoms with Gasteiger partial charge in [0.15, 0.2) is 10.8 Å². The van der Waals surface area contributed by atoms with E-state index in [2.05, 4.69) is 20.8 Å². The summed E-state index contributed by atoms with van der Waals surface area (Å²) in [6, 6.07) is 5.67. The molecule has 0 saturated heterocycles. The van der Waals surface area contributed by atoms with Crippen LogP contribution in [0.4, 0.5) is 28.8 Å². The number of carbonyl (C=O) groups excluding carboxylic acids is 2.